The number of imidazole rings is 1. The molecule has 1 aliphatic rings. The molecule has 214 valence electrons. The Kier molecular flexibility index (Phi) is 8.07. The van der Waals surface area contributed by atoms with E-state index >= 15 is 0 Å². The summed E-state index contributed by atoms with van der Waals surface area (Å²) in [5, 5.41) is 7.56. The Balaban J connectivity index is 1.66. The van der Waals surface area contributed by atoms with Crippen LogP contribution in [0.2, 0.25) is 5.15 Å². The molecule has 1 atom stereocenters. The maximum Gasteiger partial charge on any atom is 0.291 e. The van der Waals surface area contributed by atoms with Crippen molar-refractivity contribution < 1.29 is 17.7 Å². The smallest absolute Gasteiger partial charge is 0.291 e. The average Bonchev–Trinajstić information content (AvgIpc) is 3.30. The Bertz CT molecular complexity index is 1670. The van der Waals surface area contributed by atoms with Gasteiger partial charge in [0.05, 0.1) is 28.1 Å². The van der Waals surface area contributed by atoms with Crippen LogP contribution in [0.25, 0.3) is 27.5 Å². The number of halogens is 3. The third-order valence-corrected chi connectivity index (χ3v) is 10.3. The SMILES string of the molecule is COc1nc(S(=N)(=O)CCN(C)C)ccc1-c1cc(SNC2(C)CC2)cn2c(-c3nnc(C(F)F)s3)nc(Cl)c12. The molecular formula is C24H27ClF2N8O2S3. The van der Waals surface area contributed by atoms with Crippen LogP contribution in [-0.2, 0) is 9.73 Å². The first-order valence-corrected chi connectivity index (χ1v) is 15.9. The van der Waals surface area contributed by atoms with Crippen LogP contribution >= 0.6 is 34.9 Å². The molecule has 0 aromatic carbocycles. The van der Waals surface area contributed by atoms with Crippen LogP contribution < -0.4 is 9.46 Å². The van der Waals surface area contributed by atoms with E-state index in [0.29, 0.717) is 23.2 Å². The summed E-state index contributed by atoms with van der Waals surface area (Å²) in [6.45, 7) is 2.60. The normalized spacial score (nSPS) is 16.1. The number of alkyl halides is 2. The fourth-order valence-electron chi connectivity index (χ4n) is 3.83. The molecule has 5 rings (SSSR count). The van der Waals surface area contributed by atoms with Gasteiger partial charge in [-0.05, 0) is 64.0 Å². The van der Waals surface area contributed by atoms with E-state index in [2.05, 4.69) is 31.8 Å². The van der Waals surface area contributed by atoms with Crippen molar-refractivity contribution in [3.8, 4) is 27.8 Å². The van der Waals surface area contributed by atoms with Crippen LogP contribution in [0.15, 0.2) is 34.3 Å². The molecule has 0 bridgehead atoms. The predicted octanol–water partition coefficient (Wildman–Crippen LogP) is 5.63. The summed E-state index contributed by atoms with van der Waals surface area (Å²) in [5.41, 5.74) is 1.66. The van der Waals surface area contributed by atoms with E-state index < -0.39 is 21.2 Å². The quantitative estimate of drug-likeness (QED) is 0.204. The average molecular weight is 629 g/mol. The predicted molar refractivity (Wildman–Crippen MR) is 153 cm³/mol. The molecule has 0 aliphatic heterocycles. The highest BCUT2D eigenvalue weighted by atomic mass is 35.5. The second kappa shape index (κ2) is 11.1. The second-order valence-corrected chi connectivity index (χ2v) is 14.4. The first-order valence-electron chi connectivity index (χ1n) is 12.1. The molecule has 1 unspecified atom stereocenters. The number of fused-ring (bicyclic) bond motifs is 1. The Morgan fingerprint density at radius 1 is 1.30 bits per heavy atom. The Labute approximate surface area is 243 Å². The van der Waals surface area contributed by atoms with Crippen molar-refractivity contribution >= 4 is 50.1 Å². The van der Waals surface area contributed by atoms with Gasteiger partial charge in [-0.25, -0.2) is 27.7 Å². The van der Waals surface area contributed by atoms with E-state index in [0.717, 1.165) is 29.1 Å². The van der Waals surface area contributed by atoms with Crippen molar-refractivity contribution in [3.63, 3.8) is 0 Å². The summed E-state index contributed by atoms with van der Waals surface area (Å²) in [5.74, 6) is 0.562. The van der Waals surface area contributed by atoms with Gasteiger partial charge in [-0.1, -0.05) is 22.9 Å². The lowest BCUT2D eigenvalue weighted by Gasteiger charge is -2.16. The third kappa shape index (κ3) is 5.94. The number of aromatic nitrogens is 5. The highest BCUT2D eigenvalue weighted by molar-refractivity contribution is 7.97. The molecule has 1 aliphatic carbocycles. The molecule has 0 spiro atoms. The molecular weight excluding hydrogens is 602 g/mol. The lowest BCUT2D eigenvalue weighted by atomic mass is 10.1. The summed E-state index contributed by atoms with van der Waals surface area (Å²) in [7, 11) is 1.98. The van der Waals surface area contributed by atoms with Crippen LogP contribution in [0.3, 0.4) is 0 Å². The van der Waals surface area contributed by atoms with E-state index in [1.54, 1.807) is 16.5 Å². The molecule has 2 N–H and O–H groups in total. The minimum Gasteiger partial charge on any atom is -0.481 e. The first-order chi connectivity index (χ1) is 18.9. The van der Waals surface area contributed by atoms with E-state index in [9.17, 15) is 13.0 Å². The number of rotatable bonds is 11. The summed E-state index contributed by atoms with van der Waals surface area (Å²) in [6.07, 6.45) is 1.17. The van der Waals surface area contributed by atoms with Gasteiger partial charge in [-0.2, -0.15) is 0 Å². The van der Waals surface area contributed by atoms with Crippen LogP contribution in [0.4, 0.5) is 8.78 Å². The molecule has 4 aromatic rings. The molecule has 4 aromatic heterocycles. The molecule has 1 saturated carbocycles. The maximum atomic E-state index is 13.3. The highest BCUT2D eigenvalue weighted by Gasteiger charge is 2.37. The number of pyridine rings is 2. The number of nitrogens with zero attached hydrogens (tertiary/aromatic N) is 6. The van der Waals surface area contributed by atoms with Gasteiger partial charge < -0.3 is 9.64 Å². The van der Waals surface area contributed by atoms with E-state index in [4.69, 9.17) is 21.1 Å². The zero-order valence-electron chi connectivity index (χ0n) is 22.1. The van der Waals surface area contributed by atoms with Gasteiger partial charge in [0.1, 0.15) is 5.03 Å². The van der Waals surface area contributed by atoms with E-state index in [-0.39, 0.29) is 38.2 Å². The largest absolute Gasteiger partial charge is 0.481 e. The molecule has 40 heavy (non-hydrogen) atoms. The summed E-state index contributed by atoms with van der Waals surface area (Å²) in [6, 6.07) is 5.17. The highest BCUT2D eigenvalue weighted by Crippen LogP contribution is 2.42. The number of hydrogen-bond acceptors (Lipinski definition) is 11. The van der Waals surface area contributed by atoms with Gasteiger partial charge >= 0.3 is 0 Å². The third-order valence-electron chi connectivity index (χ3n) is 6.38. The van der Waals surface area contributed by atoms with Gasteiger partial charge in [0.2, 0.25) is 5.88 Å². The summed E-state index contributed by atoms with van der Waals surface area (Å²) in [4.78, 5) is 11.6. The standard InChI is InChI=1S/C24H27ClF2N8O2S3/c1-24(7-8-24)33-39-13-11-15(14-5-6-16(29-21(14)37-4)40(28,36)10-9-34(2)3)17-18(25)30-20(35(17)12-13)23-32-31-22(38-23)19(26)27/h5-6,11-12,19,28,33H,7-10H2,1-4H3. The topological polar surface area (TPSA) is 121 Å². The second-order valence-electron chi connectivity index (χ2n) is 9.93. The summed E-state index contributed by atoms with van der Waals surface area (Å²) >= 11 is 8.82. The van der Waals surface area contributed by atoms with Crippen molar-refractivity contribution in [2.24, 2.45) is 0 Å². The molecule has 10 nitrogen and oxygen atoms in total. The van der Waals surface area contributed by atoms with E-state index in [1.165, 1.54) is 19.1 Å². The van der Waals surface area contributed by atoms with E-state index in [1.807, 2.05) is 31.3 Å². The minimum atomic E-state index is -3.17. The lowest BCUT2D eigenvalue weighted by Crippen LogP contribution is -2.21. The van der Waals surface area contributed by atoms with Gasteiger partial charge in [0, 0.05) is 34.3 Å². The number of ether oxygens (including phenoxy) is 1. The monoisotopic (exact) mass is 628 g/mol. The van der Waals surface area contributed by atoms with Crippen LogP contribution in [0.5, 0.6) is 5.88 Å². The fourth-order valence-corrected chi connectivity index (χ4v) is 7.04. The van der Waals surface area contributed by atoms with Crippen molar-refractivity contribution in [2.75, 3.05) is 33.5 Å². The number of methoxy groups -OCH3 is 1. The van der Waals surface area contributed by atoms with Crippen LogP contribution in [-0.4, -0.2) is 72.7 Å². The summed E-state index contributed by atoms with van der Waals surface area (Å²) < 4.78 is 58.8. The Hall–Kier alpha value is -2.43. The van der Waals surface area contributed by atoms with Gasteiger partial charge in [0.25, 0.3) is 6.43 Å². The maximum absolute atomic E-state index is 13.3. The zero-order valence-corrected chi connectivity index (χ0v) is 25.3. The van der Waals surface area contributed by atoms with Crippen molar-refractivity contribution in [1.82, 2.24) is 34.2 Å². The molecule has 0 amide bonds. The first kappa shape index (κ1) is 29.1. The van der Waals surface area contributed by atoms with Crippen molar-refractivity contribution in [2.45, 2.75) is 41.7 Å². The minimum absolute atomic E-state index is 0.0302. The Morgan fingerprint density at radius 3 is 2.67 bits per heavy atom. The van der Waals surface area contributed by atoms with Crippen LogP contribution in [0, 0.1) is 4.78 Å². The number of nitrogens with one attached hydrogen (secondary N) is 2. The molecule has 16 heteroatoms. The van der Waals surface area contributed by atoms with Gasteiger partial charge in [-0.15, -0.1) is 10.2 Å². The lowest BCUT2D eigenvalue weighted by molar-refractivity contribution is 0.150. The molecule has 0 radical (unpaired) electrons. The molecule has 1 fully saturated rings. The van der Waals surface area contributed by atoms with Crippen LogP contribution in [0.1, 0.15) is 31.2 Å². The van der Waals surface area contributed by atoms with Crippen molar-refractivity contribution in [1.29, 1.82) is 4.78 Å². The number of hydrogen-bond donors (Lipinski definition) is 2. The van der Waals surface area contributed by atoms with Gasteiger partial charge in [0.15, 0.2) is 21.0 Å². The molecule has 4 heterocycles. The Morgan fingerprint density at radius 2 is 2.05 bits per heavy atom. The van der Waals surface area contributed by atoms with Gasteiger partial charge in [-0.3, -0.25) is 9.12 Å². The van der Waals surface area contributed by atoms with Crippen molar-refractivity contribution in [3.05, 3.63) is 34.6 Å². The fraction of sp³-hybridized carbons (Fsp3) is 0.417. The molecule has 0 saturated heterocycles. The zero-order chi connectivity index (χ0) is 28.8.